The van der Waals surface area contributed by atoms with Crippen LogP contribution >= 0.6 is 0 Å². The van der Waals surface area contributed by atoms with Gasteiger partial charge in [-0.25, -0.2) is 0 Å². The van der Waals surface area contributed by atoms with Gasteiger partial charge in [0.1, 0.15) is 0 Å². The molecule has 19 heavy (non-hydrogen) atoms. The molecule has 1 N–H and O–H groups in total. The highest BCUT2D eigenvalue weighted by Crippen LogP contribution is 2.37. The van der Waals surface area contributed by atoms with E-state index < -0.39 is 0 Å². The van der Waals surface area contributed by atoms with Crippen LogP contribution < -0.4 is 5.32 Å². The molecule has 3 fully saturated rings. The molecule has 2 heterocycles. The summed E-state index contributed by atoms with van der Waals surface area (Å²) in [7, 11) is 0. The largest absolute Gasteiger partial charge is 0.377 e. The minimum Gasteiger partial charge on any atom is -0.377 e. The van der Waals surface area contributed by atoms with Gasteiger partial charge in [0.15, 0.2) is 0 Å². The number of hydrogen-bond acceptors (Lipinski definition) is 3. The first-order chi connectivity index (χ1) is 9.22. The number of hydrogen-bond donors (Lipinski definition) is 1. The second-order valence-corrected chi connectivity index (χ2v) is 7.23. The van der Waals surface area contributed by atoms with Crippen molar-refractivity contribution in [2.24, 2.45) is 11.8 Å². The molecule has 0 amide bonds. The van der Waals surface area contributed by atoms with Crippen molar-refractivity contribution in [3.63, 3.8) is 0 Å². The molecule has 3 nitrogen and oxygen atoms in total. The summed E-state index contributed by atoms with van der Waals surface area (Å²) >= 11 is 0. The van der Waals surface area contributed by atoms with Crippen LogP contribution in [0.2, 0.25) is 0 Å². The minimum absolute atomic E-state index is 0.513. The maximum atomic E-state index is 5.86. The summed E-state index contributed by atoms with van der Waals surface area (Å²) in [6.07, 6.45) is 7.25. The van der Waals surface area contributed by atoms with Crippen LogP contribution in [-0.4, -0.2) is 49.3 Å². The van der Waals surface area contributed by atoms with Crippen LogP contribution in [0.3, 0.4) is 0 Å². The zero-order valence-electron chi connectivity index (χ0n) is 12.6. The predicted octanol–water partition coefficient (Wildman–Crippen LogP) is 2.26. The van der Waals surface area contributed by atoms with Gasteiger partial charge in [0.25, 0.3) is 0 Å². The zero-order chi connectivity index (χ0) is 13.2. The molecule has 0 spiro atoms. The average molecular weight is 266 g/mol. The molecule has 1 saturated carbocycles. The van der Waals surface area contributed by atoms with E-state index in [2.05, 4.69) is 24.1 Å². The highest BCUT2D eigenvalue weighted by Gasteiger charge is 2.39. The van der Waals surface area contributed by atoms with Crippen molar-refractivity contribution in [3.05, 3.63) is 0 Å². The Balaban J connectivity index is 1.57. The molecule has 0 aromatic rings. The van der Waals surface area contributed by atoms with Crippen molar-refractivity contribution in [2.75, 3.05) is 26.2 Å². The van der Waals surface area contributed by atoms with Crippen molar-refractivity contribution >= 4 is 0 Å². The Morgan fingerprint density at radius 2 is 2.11 bits per heavy atom. The van der Waals surface area contributed by atoms with Gasteiger partial charge in [-0.05, 0) is 43.9 Å². The van der Waals surface area contributed by atoms with Crippen molar-refractivity contribution in [2.45, 2.75) is 64.1 Å². The van der Waals surface area contributed by atoms with E-state index >= 15 is 0 Å². The second kappa shape index (κ2) is 6.11. The Kier molecular flexibility index (Phi) is 4.45. The SMILES string of the molecule is CC(C)CC1CN(CC2CCCO2)C(C2CC2)CN1. The average Bonchev–Trinajstić information content (AvgIpc) is 3.07. The summed E-state index contributed by atoms with van der Waals surface area (Å²) in [6, 6.07) is 1.48. The first-order valence-electron chi connectivity index (χ1n) is 8.31. The fourth-order valence-electron chi connectivity index (χ4n) is 3.83. The molecular formula is C16H30N2O. The maximum Gasteiger partial charge on any atom is 0.0702 e. The Morgan fingerprint density at radius 3 is 2.74 bits per heavy atom. The summed E-state index contributed by atoms with van der Waals surface area (Å²) in [5.41, 5.74) is 0. The normalized spacial score (nSPS) is 37.1. The Hall–Kier alpha value is -0.120. The van der Waals surface area contributed by atoms with Gasteiger partial charge in [0.2, 0.25) is 0 Å². The van der Waals surface area contributed by atoms with Crippen LogP contribution in [0, 0.1) is 11.8 Å². The molecule has 3 aliphatic rings. The zero-order valence-corrected chi connectivity index (χ0v) is 12.6. The molecule has 3 atom stereocenters. The molecule has 3 heteroatoms. The van der Waals surface area contributed by atoms with E-state index in [-0.39, 0.29) is 0 Å². The van der Waals surface area contributed by atoms with Crippen molar-refractivity contribution < 1.29 is 4.74 Å². The fraction of sp³-hybridized carbons (Fsp3) is 1.00. The third-order valence-electron chi connectivity index (χ3n) is 4.92. The Labute approximate surface area is 118 Å². The van der Waals surface area contributed by atoms with Crippen LogP contribution in [0.1, 0.15) is 46.0 Å². The predicted molar refractivity (Wildman–Crippen MR) is 78.3 cm³/mol. The second-order valence-electron chi connectivity index (χ2n) is 7.23. The number of nitrogens with one attached hydrogen (secondary N) is 1. The van der Waals surface area contributed by atoms with Crippen LogP contribution in [0.15, 0.2) is 0 Å². The fourth-order valence-corrected chi connectivity index (χ4v) is 3.83. The molecule has 0 radical (unpaired) electrons. The number of nitrogens with zero attached hydrogens (tertiary/aromatic N) is 1. The molecule has 0 aromatic heterocycles. The molecule has 0 aromatic carbocycles. The highest BCUT2D eigenvalue weighted by molar-refractivity contribution is 4.96. The smallest absolute Gasteiger partial charge is 0.0702 e. The lowest BCUT2D eigenvalue weighted by molar-refractivity contribution is 0.0314. The number of piperazine rings is 1. The van der Waals surface area contributed by atoms with Gasteiger partial charge in [0, 0.05) is 38.3 Å². The van der Waals surface area contributed by atoms with Gasteiger partial charge in [-0.1, -0.05) is 13.8 Å². The Morgan fingerprint density at radius 1 is 1.26 bits per heavy atom. The molecular weight excluding hydrogens is 236 g/mol. The van der Waals surface area contributed by atoms with Crippen molar-refractivity contribution in [1.82, 2.24) is 10.2 Å². The number of rotatable bonds is 5. The highest BCUT2D eigenvalue weighted by atomic mass is 16.5. The molecule has 1 aliphatic carbocycles. The first-order valence-corrected chi connectivity index (χ1v) is 8.31. The third kappa shape index (κ3) is 3.71. The van der Waals surface area contributed by atoms with Crippen LogP contribution in [0.4, 0.5) is 0 Å². The topological polar surface area (TPSA) is 24.5 Å². The van der Waals surface area contributed by atoms with E-state index in [9.17, 15) is 0 Å². The number of ether oxygens (including phenoxy) is 1. The van der Waals surface area contributed by atoms with E-state index in [0.717, 1.165) is 24.5 Å². The summed E-state index contributed by atoms with van der Waals surface area (Å²) in [5.74, 6) is 1.76. The van der Waals surface area contributed by atoms with Crippen molar-refractivity contribution in [3.8, 4) is 0 Å². The molecule has 3 rings (SSSR count). The van der Waals surface area contributed by atoms with Crippen LogP contribution in [0.25, 0.3) is 0 Å². The molecule has 3 unspecified atom stereocenters. The summed E-state index contributed by atoms with van der Waals surface area (Å²) in [6.45, 7) is 9.27. The summed E-state index contributed by atoms with van der Waals surface area (Å²) in [4.78, 5) is 2.76. The lowest BCUT2D eigenvalue weighted by atomic mass is 9.97. The van der Waals surface area contributed by atoms with Gasteiger partial charge in [-0.3, -0.25) is 4.90 Å². The molecule has 2 saturated heterocycles. The third-order valence-corrected chi connectivity index (χ3v) is 4.92. The van der Waals surface area contributed by atoms with Crippen molar-refractivity contribution in [1.29, 1.82) is 0 Å². The lowest BCUT2D eigenvalue weighted by Gasteiger charge is -2.42. The molecule has 0 bridgehead atoms. The summed E-state index contributed by atoms with van der Waals surface area (Å²) < 4.78 is 5.86. The lowest BCUT2D eigenvalue weighted by Crippen LogP contribution is -2.58. The van der Waals surface area contributed by atoms with Gasteiger partial charge < -0.3 is 10.1 Å². The van der Waals surface area contributed by atoms with E-state index in [1.807, 2.05) is 0 Å². The van der Waals surface area contributed by atoms with Gasteiger partial charge in [-0.15, -0.1) is 0 Å². The van der Waals surface area contributed by atoms with Crippen LogP contribution in [0.5, 0.6) is 0 Å². The van der Waals surface area contributed by atoms with E-state index in [1.54, 1.807) is 0 Å². The van der Waals surface area contributed by atoms with E-state index in [1.165, 1.54) is 51.7 Å². The molecule has 110 valence electrons. The minimum atomic E-state index is 0.513. The quantitative estimate of drug-likeness (QED) is 0.826. The first kappa shape index (κ1) is 13.8. The van der Waals surface area contributed by atoms with E-state index in [4.69, 9.17) is 4.74 Å². The summed E-state index contributed by atoms with van der Waals surface area (Å²) in [5, 5.41) is 3.79. The molecule has 2 aliphatic heterocycles. The van der Waals surface area contributed by atoms with Gasteiger partial charge in [0.05, 0.1) is 6.10 Å². The Bertz CT molecular complexity index is 284. The van der Waals surface area contributed by atoms with Gasteiger partial charge >= 0.3 is 0 Å². The van der Waals surface area contributed by atoms with Gasteiger partial charge in [-0.2, -0.15) is 0 Å². The maximum absolute atomic E-state index is 5.86. The van der Waals surface area contributed by atoms with E-state index in [0.29, 0.717) is 12.1 Å². The standard InChI is InChI=1S/C16H30N2O/c1-12(2)8-14-10-18(11-15-4-3-7-19-15)16(9-17-14)13-5-6-13/h12-17H,3-11H2,1-2H3. The van der Waals surface area contributed by atoms with Crippen LogP contribution in [-0.2, 0) is 4.74 Å². The monoisotopic (exact) mass is 266 g/mol.